The molecule has 0 radical (unpaired) electrons. The van der Waals surface area contributed by atoms with E-state index in [0.29, 0.717) is 6.61 Å². The van der Waals surface area contributed by atoms with Gasteiger partial charge in [0.05, 0.1) is 52.9 Å². The van der Waals surface area contributed by atoms with Crippen LogP contribution in [0.5, 0.6) is 0 Å². The lowest BCUT2D eigenvalue weighted by Crippen LogP contribution is -2.74. The van der Waals surface area contributed by atoms with E-state index in [-0.39, 0.29) is 51.1 Å². The van der Waals surface area contributed by atoms with Gasteiger partial charge < -0.3 is 34.3 Å². The van der Waals surface area contributed by atoms with Crippen LogP contribution >= 0.6 is 0 Å². The van der Waals surface area contributed by atoms with Gasteiger partial charge in [0.2, 0.25) is 5.91 Å². The third-order valence-corrected chi connectivity index (χ3v) is 6.00. The standard InChI is InChI=1S/C23H31F17N2O6/c1-44-8-9-46-10-11-47-12-13-48-14-15(43)42(5-7-45-6-3-41)4-2-16(24,25)17(26,27)18(28,29)19(30,31)20(32,33)21(34,35)22(36,37)23(38,39)40/h2-14,41H2,1H3. The Morgan fingerprint density at radius 1 is 0.521 bits per heavy atom. The molecule has 0 saturated carbocycles. The predicted octanol–water partition coefficient (Wildman–Crippen LogP) is 4.89. The van der Waals surface area contributed by atoms with Gasteiger partial charge in [0.25, 0.3) is 0 Å². The molecule has 0 aromatic rings. The van der Waals surface area contributed by atoms with Crippen molar-refractivity contribution in [2.24, 2.45) is 5.73 Å². The number of alkyl halides is 17. The molecule has 0 aliphatic rings. The third kappa shape index (κ3) is 10.3. The molecule has 48 heavy (non-hydrogen) atoms. The first-order valence-electron chi connectivity index (χ1n) is 13.1. The van der Waals surface area contributed by atoms with Crippen molar-refractivity contribution in [3.8, 4) is 0 Å². The number of rotatable bonds is 25. The molecule has 0 rings (SSSR count). The summed E-state index contributed by atoms with van der Waals surface area (Å²) in [5.41, 5.74) is 5.13. The third-order valence-electron chi connectivity index (χ3n) is 6.00. The molecule has 0 aliphatic carbocycles. The number of carbonyl (C=O) groups is 1. The van der Waals surface area contributed by atoms with Gasteiger partial charge >= 0.3 is 47.6 Å². The minimum atomic E-state index is -8.72. The fourth-order valence-electron chi connectivity index (χ4n) is 3.18. The number of halogens is 17. The van der Waals surface area contributed by atoms with E-state index in [2.05, 4.69) is 0 Å². The van der Waals surface area contributed by atoms with Gasteiger partial charge in [0, 0.05) is 33.2 Å². The number of nitrogens with zero attached hydrogens (tertiary/aromatic N) is 1. The molecule has 0 aliphatic heterocycles. The van der Waals surface area contributed by atoms with E-state index in [4.69, 9.17) is 29.4 Å². The van der Waals surface area contributed by atoms with Crippen LogP contribution in [0.2, 0.25) is 0 Å². The van der Waals surface area contributed by atoms with Gasteiger partial charge in [-0.3, -0.25) is 4.79 Å². The number of ether oxygens (including phenoxy) is 5. The molecule has 1 amide bonds. The number of hydrogen-bond donors (Lipinski definition) is 1. The topological polar surface area (TPSA) is 92.5 Å². The van der Waals surface area contributed by atoms with Crippen LogP contribution in [-0.4, -0.2) is 145 Å². The van der Waals surface area contributed by atoms with Gasteiger partial charge in [-0.05, 0) is 0 Å². The van der Waals surface area contributed by atoms with Gasteiger partial charge in [0.15, 0.2) is 0 Å². The molecule has 0 unspecified atom stereocenters. The van der Waals surface area contributed by atoms with Gasteiger partial charge in [-0.25, -0.2) is 0 Å². The van der Waals surface area contributed by atoms with Crippen LogP contribution in [0.25, 0.3) is 0 Å². The highest BCUT2D eigenvalue weighted by Crippen LogP contribution is 2.64. The summed E-state index contributed by atoms with van der Waals surface area (Å²) in [5, 5.41) is 0. The molecule has 0 aromatic heterocycles. The SMILES string of the molecule is COCCOCCOCCOCC(=O)N(CCOCCN)CCC(F)(F)C(F)(F)C(F)(F)C(F)(F)C(F)(F)C(F)(F)C(F)(F)C(F)(F)F. The fourth-order valence-corrected chi connectivity index (χ4v) is 3.18. The van der Waals surface area contributed by atoms with Crippen molar-refractivity contribution < 1.29 is 103 Å². The van der Waals surface area contributed by atoms with Gasteiger partial charge in [-0.1, -0.05) is 0 Å². The van der Waals surface area contributed by atoms with E-state index >= 15 is 0 Å². The molecule has 2 N–H and O–H groups in total. The monoisotopic (exact) mass is 754 g/mol. The summed E-state index contributed by atoms with van der Waals surface area (Å²) in [6.07, 6.45) is -10.6. The molecule has 0 fully saturated rings. The van der Waals surface area contributed by atoms with Crippen LogP contribution < -0.4 is 5.73 Å². The number of methoxy groups -OCH3 is 1. The van der Waals surface area contributed by atoms with E-state index in [0.717, 1.165) is 0 Å². The Balaban J connectivity index is 5.84. The minimum Gasteiger partial charge on any atom is -0.382 e. The molecule has 25 heteroatoms. The van der Waals surface area contributed by atoms with Crippen molar-refractivity contribution in [2.75, 3.05) is 86.2 Å². The number of amides is 1. The van der Waals surface area contributed by atoms with Crippen molar-refractivity contribution in [1.29, 1.82) is 0 Å². The average Bonchev–Trinajstić information content (AvgIpc) is 2.96. The molecule has 0 atom stereocenters. The number of hydrogen-bond acceptors (Lipinski definition) is 7. The summed E-state index contributed by atoms with van der Waals surface area (Å²) in [6, 6.07) is 0. The van der Waals surface area contributed by atoms with Crippen LogP contribution in [0.15, 0.2) is 0 Å². The first kappa shape index (κ1) is 46.0. The van der Waals surface area contributed by atoms with Crippen LogP contribution in [0, 0.1) is 0 Å². The zero-order valence-corrected chi connectivity index (χ0v) is 24.6. The Hall–Kier alpha value is -1.96. The van der Waals surface area contributed by atoms with Crippen LogP contribution in [0.1, 0.15) is 6.42 Å². The maximum Gasteiger partial charge on any atom is 0.460 e. The highest BCUT2D eigenvalue weighted by molar-refractivity contribution is 5.77. The quantitative estimate of drug-likeness (QED) is 0.105. The maximum atomic E-state index is 14.4. The molecule has 0 heterocycles. The van der Waals surface area contributed by atoms with Crippen molar-refractivity contribution in [3.63, 3.8) is 0 Å². The van der Waals surface area contributed by atoms with Crippen molar-refractivity contribution in [2.45, 2.75) is 54.1 Å². The number of carbonyl (C=O) groups excluding carboxylic acids is 1. The van der Waals surface area contributed by atoms with Crippen molar-refractivity contribution in [1.82, 2.24) is 4.90 Å². The Labute approximate surface area is 260 Å². The summed E-state index contributed by atoms with van der Waals surface area (Å²) < 4.78 is 254. The summed E-state index contributed by atoms with van der Waals surface area (Å²) in [4.78, 5) is 12.5. The smallest absolute Gasteiger partial charge is 0.382 e. The molecule has 0 aromatic carbocycles. The molecule has 8 nitrogen and oxygen atoms in total. The molecule has 288 valence electrons. The van der Waals surface area contributed by atoms with Crippen molar-refractivity contribution >= 4 is 5.91 Å². The van der Waals surface area contributed by atoms with Crippen LogP contribution in [0.3, 0.4) is 0 Å². The first-order valence-corrected chi connectivity index (χ1v) is 13.1. The summed E-state index contributed by atoms with van der Waals surface area (Å²) >= 11 is 0. The Bertz CT molecular complexity index is 970. The molecular formula is C23H31F17N2O6. The predicted molar refractivity (Wildman–Crippen MR) is 126 cm³/mol. The second-order valence-electron chi connectivity index (χ2n) is 9.45. The van der Waals surface area contributed by atoms with Crippen molar-refractivity contribution in [3.05, 3.63) is 0 Å². The summed E-state index contributed by atoms with van der Waals surface area (Å²) in [6.45, 7) is -4.47. The van der Waals surface area contributed by atoms with E-state index < -0.39 is 86.3 Å². The lowest BCUT2D eigenvalue weighted by atomic mass is 9.88. The normalized spacial score (nSPS) is 14.5. The lowest BCUT2D eigenvalue weighted by molar-refractivity contribution is -0.461. The number of nitrogens with two attached hydrogens (primary N) is 1. The highest BCUT2D eigenvalue weighted by Gasteiger charge is 2.95. The van der Waals surface area contributed by atoms with Crippen LogP contribution in [0.4, 0.5) is 74.6 Å². The zero-order chi connectivity index (χ0) is 37.9. The lowest BCUT2D eigenvalue weighted by Gasteiger charge is -2.43. The van der Waals surface area contributed by atoms with E-state index in [1.165, 1.54) is 7.11 Å². The van der Waals surface area contributed by atoms with E-state index in [1.54, 1.807) is 0 Å². The minimum absolute atomic E-state index is 0.0347. The van der Waals surface area contributed by atoms with Gasteiger partial charge in [0.1, 0.15) is 6.61 Å². The largest absolute Gasteiger partial charge is 0.460 e. The summed E-state index contributed by atoms with van der Waals surface area (Å²) in [5.74, 6) is -58.5. The second-order valence-corrected chi connectivity index (χ2v) is 9.45. The van der Waals surface area contributed by atoms with Gasteiger partial charge in [-0.2, -0.15) is 74.6 Å². The van der Waals surface area contributed by atoms with E-state index in [9.17, 15) is 79.4 Å². The molecular weight excluding hydrogens is 723 g/mol. The zero-order valence-electron chi connectivity index (χ0n) is 24.6. The first-order chi connectivity index (χ1) is 21.7. The Morgan fingerprint density at radius 3 is 1.35 bits per heavy atom. The summed E-state index contributed by atoms with van der Waals surface area (Å²) in [7, 11) is 1.42. The van der Waals surface area contributed by atoms with E-state index in [1.807, 2.05) is 0 Å². The van der Waals surface area contributed by atoms with Crippen LogP contribution in [-0.2, 0) is 28.5 Å². The highest BCUT2D eigenvalue weighted by atomic mass is 19.4. The molecule has 0 spiro atoms. The maximum absolute atomic E-state index is 14.4. The Morgan fingerprint density at radius 2 is 0.917 bits per heavy atom. The van der Waals surface area contributed by atoms with Gasteiger partial charge in [-0.15, -0.1) is 0 Å². The molecule has 0 saturated heterocycles. The fraction of sp³-hybridized carbons (Fsp3) is 0.957. The average molecular weight is 754 g/mol. The second kappa shape index (κ2) is 17.8. The molecule has 0 bridgehead atoms. The Kier molecular flexibility index (Phi) is 17.1.